The number of anilines is 1. The second-order valence-electron chi connectivity index (χ2n) is 6.48. The Morgan fingerprint density at radius 2 is 2.19 bits per heavy atom. The van der Waals surface area contributed by atoms with Gasteiger partial charge in [0.05, 0.1) is 0 Å². The average Bonchev–Trinajstić information content (AvgIpc) is 2.33. The molecule has 0 aromatic heterocycles. The van der Waals surface area contributed by atoms with E-state index in [0.29, 0.717) is 0 Å². The highest BCUT2D eigenvalue weighted by molar-refractivity contribution is 5.88. The summed E-state index contributed by atoms with van der Waals surface area (Å²) in [6.45, 7) is 8.95. The lowest BCUT2D eigenvalue weighted by molar-refractivity contribution is -0.114. The number of carbonyl (C=O) groups excluding carboxylic acids is 1. The minimum absolute atomic E-state index is 0. The molecule has 1 aliphatic heterocycles. The quantitative estimate of drug-likeness (QED) is 0.902. The Balaban J connectivity index is 0.00000220. The fourth-order valence-electron chi connectivity index (χ4n) is 2.83. The van der Waals surface area contributed by atoms with Crippen LogP contribution in [0.1, 0.15) is 32.8 Å². The van der Waals surface area contributed by atoms with Gasteiger partial charge in [0, 0.05) is 38.3 Å². The van der Waals surface area contributed by atoms with Crippen LogP contribution in [0.2, 0.25) is 0 Å². The standard InChI is InChI=1S/C16H25N3O.ClH/c1-12(20)18-14-6-4-5-13(9-14)10-19-8-7-15(17)16(2,3)11-19;/h4-6,9,15H,7-8,10-11,17H2,1-3H3,(H,18,20);1H. The second kappa shape index (κ2) is 7.25. The van der Waals surface area contributed by atoms with Crippen molar-refractivity contribution in [3.63, 3.8) is 0 Å². The fraction of sp³-hybridized carbons (Fsp3) is 0.562. The highest BCUT2D eigenvalue weighted by Gasteiger charge is 2.33. The van der Waals surface area contributed by atoms with Crippen molar-refractivity contribution in [3.8, 4) is 0 Å². The summed E-state index contributed by atoms with van der Waals surface area (Å²) < 4.78 is 0. The van der Waals surface area contributed by atoms with Crippen LogP contribution >= 0.6 is 12.4 Å². The molecule has 0 bridgehead atoms. The molecule has 1 unspecified atom stereocenters. The van der Waals surface area contributed by atoms with Crippen molar-refractivity contribution in [1.82, 2.24) is 4.90 Å². The number of benzene rings is 1. The SMILES string of the molecule is CC(=O)Nc1cccc(CN2CCC(N)C(C)(C)C2)c1.Cl. The Kier molecular flexibility index (Phi) is 6.20. The molecular formula is C16H26ClN3O. The number of hydrogen-bond acceptors (Lipinski definition) is 3. The van der Waals surface area contributed by atoms with Gasteiger partial charge in [0.1, 0.15) is 0 Å². The number of likely N-dealkylation sites (tertiary alicyclic amines) is 1. The van der Waals surface area contributed by atoms with E-state index in [4.69, 9.17) is 5.73 Å². The molecule has 0 aliphatic carbocycles. The third-order valence-electron chi connectivity index (χ3n) is 4.04. The van der Waals surface area contributed by atoms with Gasteiger partial charge < -0.3 is 11.1 Å². The van der Waals surface area contributed by atoms with E-state index in [1.807, 2.05) is 18.2 Å². The molecule has 5 heteroatoms. The molecule has 2 rings (SSSR count). The van der Waals surface area contributed by atoms with E-state index < -0.39 is 0 Å². The van der Waals surface area contributed by atoms with E-state index in [1.165, 1.54) is 12.5 Å². The summed E-state index contributed by atoms with van der Waals surface area (Å²) in [7, 11) is 0. The number of hydrogen-bond donors (Lipinski definition) is 2. The molecule has 1 aromatic rings. The van der Waals surface area contributed by atoms with E-state index in [9.17, 15) is 4.79 Å². The zero-order valence-electron chi connectivity index (χ0n) is 13.1. The lowest BCUT2D eigenvalue weighted by Gasteiger charge is -2.42. The van der Waals surface area contributed by atoms with Crippen molar-refractivity contribution in [3.05, 3.63) is 29.8 Å². The second-order valence-corrected chi connectivity index (χ2v) is 6.48. The Morgan fingerprint density at radius 3 is 2.81 bits per heavy atom. The normalized spacial score (nSPS) is 21.4. The van der Waals surface area contributed by atoms with Gasteiger partial charge >= 0.3 is 0 Å². The smallest absolute Gasteiger partial charge is 0.221 e. The summed E-state index contributed by atoms with van der Waals surface area (Å²) >= 11 is 0. The van der Waals surface area contributed by atoms with Crippen molar-refractivity contribution in [2.45, 2.75) is 39.8 Å². The van der Waals surface area contributed by atoms with Gasteiger partial charge in [-0.25, -0.2) is 0 Å². The topological polar surface area (TPSA) is 58.4 Å². The van der Waals surface area contributed by atoms with E-state index in [1.54, 1.807) is 0 Å². The van der Waals surface area contributed by atoms with Gasteiger partial charge in [0.2, 0.25) is 5.91 Å². The molecule has 3 N–H and O–H groups in total. The monoisotopic (exact) mass is 311 g/mol. The van der Waals surface area contributed by atoms with Crippen molar-refractivity contribution < 1.29 is 4.79 Å². The molecule has 1 saturated heterocycles. The van der Waals surface area contributed by atoms with Crippen LogP contribution in [-0.4, -0.2) is 29.9 Å². The first-order valence-electron chi connectivity index (χ1n) is 7.21. The van der Waals surface area contributed by atoms with Crippen molar-refractivity contribution >= 4 is 24.0 Å². The third-order valence-corrected chi connectivity index (χ3v) is 4.04. The van der Waals surface area contributed by atoms with Crippen molar-refractivity contribution in [2.24, 2.45) is 11.1 Å². The van der Waals surface area contributed by atoms with Crippen LogP contribution < -0.4 is 11.1 Å². The number of amides is 1. The van der Waals surface area contributed by atoms with E-state index in [2.05, 4.69) is 30.1 Å². The van der Waals surface area contributed by atoms with Gasteiger partial charge in [-0.3, -0.25) is 9.69 Å². The predicted molar refractivity (Wildman–Crippen MR) is 89.6 cm³/mol. The number of halogens is 1. The number of nitrogens with two attached hydrogens (primary N) is 1. The van der Waals surface area contributed by atoms with Crippen LogP contribution in [0.3, 0.4) is 0 Å². The summed E-state index contributed by atoms with van der Waals surface area (Å²) in [5.41, 5.74) is 8.42. The molecule has 1 atom stereocenters. The maximum Gasteiger partial charge on any atom is 0.221 e. The summed E-state index contributed by atoms with van der Waals surface area (Å²) in [5, 5.41) is 2.83. The predicted octanol–water partition coefficient (Wildman–Crippen LogP) is 2.63. The van der Waals surface area contributed by atoms with Crippen LogP contribution in [-0.2, 0) is 11.3 Å². The number of nitrogens with zero attached hydrogens (tertiary/aromatic N) is 1. The van der Waals surface area contributed by atoms with Gasteiger partial charge in [-0.1, -0.05) is 26.0 Å². The molecule has 1 aliphatic rings. The Morgan fingerprint density at radius 1 is 1.48 bits per heavy atom. The van der Waals surface area contributed by atoms with Crippen molar-refractivity contribution in [1.29, 1.82) is 0 Å². The summed E-state index contributed by atoms with van der Waals surface area (Å²) in [4.78, 5) is 13.5. The molecular weight excluding hydrogens is 286 g/mol. The minimum atomic E-state index is -0.0350. The first kappa shape index (κ1) is 18.0. The van der Waals surface area contributed by atoms with E-state index in [0.717, 1.165) is 31.7 Å². The van der Waals surface area contributed by atoms with Gasteiger partial charge in [0.15, 0.2) is 0 Å². The van der Waals surface area contributed by atoms with Gasteiger partial charge in [-0.15, -0.1) is 12.4 Å². The van der Waals surface area contributed by atoms with Crippen LogP contribution in [0.4, 0.5) is 5.69 Å². The zero-order valence-corrected chi connectivity index (χ0v) is 13.9. The largest absolute Gasteiger partial charge is 0.327 e. The van der Waals surface area contributed by atoms with Gasteiger partial charge in [-0.05, 0) is 29.5 Å². The first-order chi connectivity index (χ1) is 9.37. The average molecular weight is 312 g/mol. The first-order valence-corrected chi connectivity index (χ1v) is 7.21. The van der Waals surface area contributed by atoms with Gasteiger partial charge in [0.25, 0.3) is 0 Å². The molecule has 1 amide bonds. The lowest BCUT2D eigenvalue weighted by Crippen LogP contribution is -2.52. The summed E-state index contributed by atoms with van der Waals surface area (Å²) in [5.74, 6) is -0.0350. The Labute approximate surface area is 133 Å². The number of piperidine rings is 1. The number of carbonyl (C=O) groups is 1. The third kappa shape index (κ3) is 4.99. The zero-order chi connectivity index (χ0) is 14.8. The lowest BCUT2D eigenvalue weighted by atomic mass is 9.79. The molecule has 0 radical (unpaired) electrons. The highest BCUT2D eigenvalue weighted by atomic mass is 35.5. The number of rotatable bonds is 3. The maximum atomic E-state index is 11.1. The van der Waals surface area contributed by atoms with Crippen LogP contribution in [0.25, 0.3) is 0 Å². The van der Waals surface area contributed by atoms with Crippen LogP contribution in [0, 0.1) is 5.41 Å². The van der Waals surface area contributed by atoms with Crippen LogP contribution in [0.15, 0.2) is 24.3 Å². The molecule has 1 fully saturated rings. The van der Waals surface area contributed by atoms with E-state index in [-0.39, 0.29) is 29.8 Å². The molecule has 118 valence electrons. The van der Waals surface area contributed by atoms with Crippen LogP contribution in [0.5, 0.6) is 0 Å². The number of nitrogens with one attached hydrogen (secondary N) is 1. The molecule has 21 heavy (non-hydrogen) atoms. The molecule has 1 aromatic carbocycles. The molecule has 0 spiro atoms. The maximum absolute atomic E-state index is 11.1. The summed E-state index contributed by atoms with van der Waals surface area (Å²) in [6, 6.07) is 8.34. The molecule has 1 heterocycles. The highest BCUT2D eigenvalue weighted by Crippen LogP contribution is 2.28. The minimum Gasteiger partial charge on any atom is -0.327 e. The Hall–Kier alpha value is -1.10. The van der Waals surface area contributed by atoms with E-state index >= 15 is 0 Å². The van der Waals surface area contributed by atoms with Gasteiger partial charge in [-0.2, -0.15) is 0 Å². The summed E-state index contributed by atoms with van der Waals surface area (Å²) in [6.07, 6.45) is 1.04. The molecule has 4 nitrogen and oxygen atoms in total. The Bertz CT molecular complexity index is 490. The molecule has 0 saturated carbocycles. The fourth-order valence-corrected chi connectivity index (χ4v) is 2.83. The van der Waals surface area contributed by atoms with Crippen molar-refractivity contribution in [2.75, 3.05) is 18.4 Å².